The van der Waals surface area contributed by atoms with Crippen molar-refractivity contribution in [2.24, 2.45) is 23.6 Å². The number of hydrogen-bond acceptors (Lipinski definition) is 3. The second-order valence-corrected chi connectivity index (χ2v) is 5.89. The molecule has 0 amide bonds. The first-order chi connectivity index (χ1) is 8.35. The maximum absolute atomic E-state index is 5.77. The van der Waals surface area contributed by atoms with Crippen LogP contribution in [0.2, 0.25) is 0 Å². The van der Waals surface area contributed by atoms with Crippen LogP contribution in [0.5, 0.6) is 0 Å². The molecule has 100 valence electrons. The number of ether oxygens (including phenoxy) is 1. The minimum Gasteiger partial charge on any atom is -0.381 e. The molecule has 0 aromatic carbocycles. The Labute approximate surface area is 105 Å². The molecule has 0 bridgehead atoms. The van der Waals surface area contributed by atoms with E-state index in [2.05, 4.69) is 12.3 Å². The van der Waals surface area contributed by atoms with E-state index < -0.39 is 0 Å². The van der Waals surface area contributed by atoms with Gasteiger partial charge >= 0.3 is 0 Å². The van der Waals surface area contributed by atoms with E-state index in [9.17, 15) is 0 Å². The van der Waals surface area contributed by atoms with Gasteiger partial charge in [0.25, 0.3) is 0 Å². The summed E-state index contributed by atoms with van der Waals surface area (Å²) in [7, 11) is 0. The average Bonchev–Trinajstić information content (AvgIpc) is 2.86. The Balaban J connectivity index is 1.81. The zero-order valence-electron chi connectivity index (χ0n) is 11.2. The summed E-state index contributed by atoms with van der Waals surface area (Å²) in [5, 5.41) is 0. The lowest BCUT2D eigenvalue weighted by Gasteiger charge is -2.36. The van der Waals surface area contributed by atoms with Crippen molar-refractivity contribution in [3.63, 3.8) is 0 Å². The first-order valence-corrected chi connectivity index (χ1v) is 7.39. The van der Waals surface area contributed by atoms with Crippen LogP contribution in [0, 0.1) is 17.8 Å². The van der Waals surface area contributed by atoms with Crippen molar-refractivity contribution in [2.45, 2.75) is 57.9 Å². The minimum atomic E-state index is 0.486. The summed E-state index contributed by atoms with van der Waals surface area (Å²) >= 11 is 0. The SMILES string of the molecule is CCCC1CCC(C(NN)C2CCOC2)CC1. The van der Waals surface area contributed by atoms with Crippen LogP contribution in [-0.4, -0.2) is 19.3 Å². The van der Waals surface area contributed by atoms with Crippen LogP contribution in [0.3, 0.4) is 0 Å². The van der Waals surface area contributed by atoms with Gasteiger partial charge in [0.1, 0.15) is 0 Å². The van der Waals surface area contributed by atoms with Gasteiger partial charge in [-0.15, -0.1) is 0 Å². The summed E-state index contributed by atoms with van der Waals surface area (Å²) in [6.07, 6.45) is 9.47. The Morgan fingerprint density at radius 2 is 1.94 bits per heavy atom. The molecule has 2 unspecified atom stereocenters. The van der Waals surface area contributed by atoms with Crippen LogP contribution in [-0.2, 0) is 4.74 Å². The van der Waals surface area contributed by atoms with E-state index >= 15 is 0 Å². The Bertz CT molecular complexity index is 208. The van der Waals surface area contributed by atoms with Gasteiger partial charge in [0, 0.05) is 18.6 Å². The van der Waals surface area contributed by atoms with Gasteiger partial charge in [-0.1, -0.05) is 32.6 Å². The van der Waals surface area contributed by atoms with E-state index in [1.807, 2.05) is 0 Å². The fraction of sp³-hybridized carbons (Fsp3) is 1.00. The molecule has 1 aliphatic heterocycles. The van der Waals surface area contributed by atoms with E-state index in [0.717, 1.165) is 25.0 Å². The Kier molecular flexibility index (Phi) is 5.26. The van der Waals surface area contributed by atoms with Crippen molar-refractivity contribution >= 4 is 0 Å². The summed E-state index contributed by atoms with van der Waals surface area (Å²) in [6, 6.07) is 0.486. The third-order valence-electron chi connectivity index (χ3n) is 4.76. The maximum Gasteiger partial charge on any atom is 0.0510 e. The highest BCUT2D eigenvalue weighted by atomic mass is 16.5. The average molecular weight is 240 g/mol. The number of nitrogens with two attached hydrogens (primary N) is 1. The predicted octanol–water partition coefficient (Wildman–Crippen LogP) is 2.46. The molecule has 0 aromatic heterocycles. The van der Waals surface area contributed by atoms with Gasteiger partial charge < -0.3 is 4.74 Å². The van der Waals surface area contributed by atoms with Crippen LogP contribution < -0.4 is 11.3 Å². The summed E-state index contributed by atoms with van der Waals surface area (Å²) in [5.74, 6) is 8.18. The Morgan fingerprint density at radius 1 is 1.18 bits per heavy atom. The van der Waals surface area contributed by atoms with Crippen LogP contribution in [0.25, 0.3) is 0 Å². The van der Waals surface area contributed by atoms with Gasteiger partial charge in [0.05, 0.1) is 6.61 Å². The molecular formula is C14H28N2O. The van der Waals surface area contributed by atoms with E-state index in [0.29, 0.717) is 12.0 Å². The Hall–Kier alpha value is -0.120. The van der Waals surface area contributed by atoms with Gasteiger partial charge in [-0.3, -0.25) is 11.3 Å². The van der Waals surface area contributed by atoms with Crippen LogP contribution in [0.1, 0.15) is 51.9 Å². The molecule has 1 saturated carbocycles. The smallest absolute Gasteiger partial charge is 0.0510 e. The fourth-order valence-electron chi connectivity index (χ4n) is 3.74. The van der Waals surface area contributed by atoms with Crippen LogP contribution in [0.15, 0.2) is 0 Å². The molecule has 2 fully saturated rings. The quantitative estimate of drug-likeness (QED) is 0.573. The zero-order chi connectivity index (χ0) is 12.1. The number of hydrazine groups is 1. The molecule has 2 atom stereocenters. The number of hydrogen-bond donors (Lipinski definition) is 2. The largest absolute Gasteiger partial charge is 0.381 e. The Morgan fingerprint density at radius 3 is 2.47 bits per heavy atom. The highest BCUT2D eigenvalue weighted by Gasteiger charge is 2.33. The number of nitrogens with one attached hydrogen (secondary N) is 1. The third-order valence-corrected chi connectivity index (χ3v) is 4.76. The lowest BCUT2D eigenvalue weighted by molar-refractivity contribution is 0.142. The maximum atomic E-state index is 5.77. The normalized spacial score (nSPS) is 36.0. The summed E-state index contributed by atoms with van der Waals surface area (Å²) < 4.78 is 5.49. The van der Waals surface area contributed by atoms with Crippen LogP contribution in [0.4, 0.5) is 0 Å². The van der Waals surface area contributed by atoms with Crippen molar-refractivity contribution in [3.05, 3.63) is 0 Å². The summed E-state index contributed by atoms with van der Waals surface area (Å²) in [6.45, 7) is 4.13. The molecule has 3 nitrogen and oxygen atoms in total. The predicted molar refractivity (Wildman–Crippen MR) is 70.4 cm³/mol. The third kappa shape index (κ3) is 3.43. The molecule has 2 rings (SSSR count). The lowest BCUT2D eigenvalue weighted by Crippen LogP contribution is -2.47. The number of rotatable bonds is 5. The second-order valence-electron chi connectivity index (χ2n) is 5.89. The monoisotopic (exact) mass is 240 g/mol. The second kappa shape index (κ2) is 6.72. The fourth-order valence-corrected chi connectivity index (χ4v) is 3.74. The standard InChI is InChI=1S/C14H28N2O/c1-2-3-11-4-6-12(7-5-11)14(16-15)13-8-9-17-10-13/h11-14,16H,2-10,15H2,1H3. The first kappa shape index (κ1) is 13.3. The van der Waals surface area contributed by atoms with Gasteiger partial charge in [-0.05, 0) is 31.1 Å². The molecule has 0 aromatic rings. The highest BCUT2D eigenvalue weighted by molar-refractivity contribution is 4.87. The van der Waals surface area contributed by atoms with Gasteiger partial charge in [0.2, 0.25) is 0 Å². The van der Waals surface area contributed by atoms with Crippen molar-refractivity contribution in [1.82, 2.24) is 5.43 Å². The van der Waals surface area contributed by atoms with Crippen molar-refractivity contribution < 1.29 is 4.74 Å². The molecule has 1 saturated heterocycles. The summed E-state index contributed by atoms with van der Waals surface area (Å²) in [4.78, 5) is 0. The van der Waals surface area contributed by atoms with Crippen LogP contribution >= 0.6 is 0 Å². The van der Waals surface area contributed by atoms with Gasteiger partial charge in [0.15, 0.2) is 0 Å². The molecule has 1 heterocycles. The molecule has 17 heavy (non-hydrogen) atoms. The zero-order valence-corrected chi connectivity index (χ0v) is 11.2. The molecule has 2 aliphatic rings. The molecule has 3 heteroatoms. The van der Waals surface area contributed by atoms with E-state index in [4.69, 9.17) is 10.6 Å². The van der Waals surface area contributed by atoms with E-state index in [1.54, 1.807) is 0 Å². The first-order valence-electron chi connectivity index (χ1n) is 7.39. The van der Waals surface area contributed by atoms with Gasteiger partial charge in [-0.25, -0.2) is 0 Å². The molecule has 0 spiro atoms. The lowest BCUT2D eigenvalue weighted by atomic mass is 9.74. The van der Waals surface area contributed by atoms with Gasteiger partial charge in [-0.2, -0.15) is 0 Å². The topological polar surface area (TPSA) is 47.3 Å². The van der Waals surface area contributed by atoms with Crippen molar-refractivity contribution in [2.75, 3.05) is 13.2 Å². The molecule has 1 aliphatic carbocycles. The summed E-state index contributed by atoms with van der Waals surface area (Å²) in [5.41, 5.74) is 3.08. The highest BCUT2D eigenvalue weighted by Crippen LogP contribution is 2.36. The van der Waals surface area contributed by atoms with E-state index in [-0.39, 0.29) is 0 Å². The molecule has 3 N–H and O–H groups in total. The van der Waals surface area contributed by atoms with E-state index in [1.165, 1.54) is 44.9 Å². The molecule has 0 radical (unpaired) electrons. The minimum absolute atomic E-state index is 0.486. The molecular weight excluding hydrogens is 212 g/mol. The van der Waals surface area contributed by atoms with Crippen molar-refractivity contribution in [1.29, 1.82) is 0 Å². The van der Waals surface area contributed by atoms with Crippen molar-refractivity contribution in [3.8, 4) is 0 Å².